The van der Waals surface area contributed by atoms with E-state index in [1.54, 1.807) is 29.2 Å². The van der Waals surface area contributed by atoms with Crippen molar-refractivity contribution in [2.75, 3.05) is 51.0 Å². The smallest absolute Gasteiger partial charge is 0.256 e. The highest BCUT2D eigenvalue weighted by Crippen LogP contribution is 2.23. The first-order chi connectivity index (χ1) is 12.9. The highest BCUT2D eigenvalue weighted by molar-refractivity contribution is 7.88. The van der Waals surface area contributed by atoms with Gasteiger partial charge in [0.2, 0.25) is 15.9 Å². The van der Waals surface area contributed by atoms with Crippen molar-refractivity contribution in [3.05, 3.63) is 29.8 Å². The molecule has 148 valence electrons. The van der Waals surface area contributed by atoms with E-state index in [4.69, 9.17) is 4.74 Å². The molecule has 0 aromatic heterocycles. The summed E-state index contributed by atoms with van der Waals surface area (Å²) in [7, 11) is -3.32. The summed E-state index contributed by atoms with van der Waals surface area (Å²) in [6.07, 6.45) is 2.42. The van der Waals surface area contributed by atoms with Gasteiger partial charge in [-0.3, -0.25) is 9.59 Å². The van der Waals surface area contributed by atoms with Gasteiger partial charge in [0.05, 0.1) is 36.6 Å². The normalized spacial score (nSPS) is 21.7. The van der Waals surface area contributed by atoms with Gasteiger partial charge in [0.25, 0.3) is 5.91 Å². The zero-order valence-corrected chi connectivity index (χ0v) is 16.2. The van der Waals surface area contributed by atoms with E-state index in [-0.39, 0.29) is 18.4 Å². The predicted octanol–water partition coefficient (Wildman–Crippen LogP) is 0.769. The van der Waals surface area contributed by atoms with E-state index in [1.807, 2.05) is 0 Å². The second kappa shape index (κ2) is 8.37. The highest BCUT2D eigenvalue weighted by Gasteiger charge is 2.31. The Balaban J connectivity index is 1.72. The number of hydrogen-bond donors (Lipinski definition) is 1. The summed E-state index contributed by atoms with van der Waals surface area (Å²) in [5, 5.41) is 2.83. The first-order valence-corrected chi connectivity index (χ1v) is 10.9. The molecule has 1 aromatic rings. The maximum Gasteiger partial charge on any atom is 0.256 e. The maximum atomic E-state index is 12.8. The lowest BCUT2D eigenvalue weighted by atomic mass is 9.98. The molecule has 0 radical (unpaired) electrons. The van der Waals surface area contributed by atoms with Crippen LogP contribution in [0.2, 0.25) is 0 Å². The Morgan fingerprint density at radius 3 is 2.56 bits per heavy atom. The van der Waals surface area contributed by atoms with Gasteiger partial charge in [0.1, 0.15) is 0 Å². The van der Waals surface area contributed by atoms with Gasteiger partial charge < -0.3 is 15.0 Å². The minimum atomic E-state index is -3.32. The lowest BCUT2D eigenvalue weighted by Crippen LogP contribution is -2.43. The van der Waals surface area contributed by atoms with Gasteiger partial charge in [0.15, 0.2) is 0 Å². The number of sulfonamides is 1. The van der Waals surface area contributed by atoms with Gasteiger partial charge in [0, 0.05) is 26.2 Å². The summed E-state index contributed by atoms with van der Waals surface area (Å²) >= 11 is 0. The van der Waals surface area contributed by atoms with Crippen molar-refractivity contribution >= 4 is 27.5 Å². The molecule has 0 unspecified atom stereocenters. The molecule has 8 nitrogen and oxygen atoms in total. The molecular formula is C18H25N3O5S. The Hall–Kier alpha value is -1.97. The van der Waals surface area contributed by atoms with Gasteiger partial charge >= 0.3 is 0 Å². The molecule has 0 aliphatic carbocycles. The standard InChI is InChI=1S/C18H25N3O5S/c1-27(24,25)21-8-4-5-14(13-21)17(22)19-16-7-3-2-6-15(16)18(23)20-9-11-26-12-10-20/h2-3,6-7,14H,4-5,8-13H2,1H3,(H,19,22)/t14-/m1/s1. The lowest BCUT2D eigenvalue weighted by Gasteiger charge is -2.30. The van der Waals surface area contributed by atoms with Crippen molar-refractivity contribution in [3.63, 3.8) is 0 Å². The number of piperidine rings is 1. The minimum Gasteiger partial charge on any atom is -0.378 e. The molecule has 1 N–H and O–H groups in total. The van der Waals surface area contributed by atoms with Crippen LogP contribution in [0.4, 0.5) is 5.69 Å². The fraction of sp³-hybridized carbons (Fsp3) is 0.556. The van der Waals surface area contributed by atoms with Crippen LogP contribution in [0.15, 0.2) is 24.3 Å². The van der Waals surface area contributed by atoms with Crippen molar-refractivity contribution in [3.8, 4) is 0 Å². The van der Waals surface area contributed by atoms with Crippen LogP contribution in [-0.4, -0.2) is 75.1 Å². The Kier molecular flexibility index (Phi) is 6.13. The van der Waals surface area contributed by atoms with Gasteiger partial charge in [-0.05, 0) is 25.0 Å². The Bertz CT molecular complexity index is 805. The third kappa shape index (κ3) is 4.85. The first kappa shape index (κ1) is 19.8. The van der Waals surface area contributed by atoms with Crippen molar-refractivity contribution in [2.24, 2.45) is 5.92 Å². The number of anilines is 1. The van der Waals surface area contributed by atoms with E-state index >= 15 is 0 Å². The molecule has 9 heteroatoms. The van der Waals surface area contributed by atoms with Crippen molar-refractivity contribution < 1.29 is 22.7 Å². The monoisotopic (exact) mass is 395 g/mol. The number of nitrogens with one attached hydrogen (secondary N) is 1. The number of ether oxygens (including phenoxy) is 1. The molecule has 0 saturated carbocycles. The van der Waals surface area contributed by atoms with Crippen LogP contribution in [-0.2, 0) is 19.6 Å². The average Bonchev–Trinajstić information content (AvgIpc) is 2.68. The third-order valence-corrected chi connectivity index (χ3v) is 6.21. The Labute approximate surface area is 159 Å². The summed E-state index contributed by atoms with van der Waals surface area (Å²) in [5.74, 6) is -0.832. The van der Waals surface area contributed by atoms with Crippen molar-refractivity contribution in [1.82, 2.24) is 9.21 Å². The second-order valence-electron chi connectivity index (χ2n) is 6.90. The molecule has 2 amide bonds. The van der Waals surface area contributed by atoms with Crippen LogP contribution in [0.25, 0.3) is 0 Å². The number of carbonyl (C=O) groups is 2. The van der Waals surface area contributed by atoms with Crippen molar-refractivity contribution in [2.45, 2.75) is 12.8 Å². The summed E-state index contributed by atoms with van der Waals surface area (Å²) < 4.78 is 30.1. The van der Waals surface area contributed by atoms with E-state index < -0.39 is 15.9 Å². The maximum absolute atomic E-state index is 12.8. The van der Waals surface area contributed by atoms with Gasteiger partial charge in [-0.15, -0.1) is 0 Å². The summed E-state index contributed by atoms with van der Waals surface area (Å²) in [6.45, 7) is 2.66. The van der Waals surface area contributed by atoms with Crippen LogP contribution in [0, 0.1) is 5.92 Å². The van der Waals surface area contributed by atoms with Crippen LogP contribution in [0.3, 0.4) is 0 Å². The number of amides is 2. The molecular weight excluding hydrogens is 370 g/mol. The number of benzene rings is 1. The van der Waals surface area contributed by atoms with Crippen LogP contribution in [0.5, 0.6) is 0 Å². The fourth-order valence-corrected chi connectivity index (χ4v) is 4.32. The van der Waals surface area contributed by atoms with Gasteiger partial charge in [-0.2, -0.15) is 0 Å². The fourth-order valence-electron chi connectivity index (χ4n) is 3.41. The number of morpholine rings is 1. The molecule has 2 heterocycles. The number of carbonyl (C=O) groups excluding carboxylic acids is 2. The number of hydrogen-bond acceptors (Lipinski definition) is 5. The number of nitrogens with zero attached hydrogens (tertiary/aromatic N) is 2. The summed E-state index contributed by atoms with van der Waals surface area (Å²) in [4.78, 5) is 27.2. The van der Waals surface area contributed by atoms with Crippen LogP contribution < -0.4 is 5.32 Å². The molecule has 2 aliphatic heterocycles. The molecule has 0 bridgehead atoms. The van der Waals surface area contributed by atoms with E-state index in [0.29, 0.717) is 56.9 Å². The largest absolute Gasteiger partial charge is 0.378 e. The molecule has 2 saturated heterocycles. The van der Waals surface area contributed by atoms with Gasteiger partial charge in [-0.1, -0.05) is 12.1 Å². The minimum absolute atomic E-state index is 0.143. The zero-order valence-electron chi connectivity index (χ0n) is 15.4. The quantitative estimate of drug-likeness (QED) is 0.812. The van der Waals surface area contributed by atoms with Crippen molar-refractivity contribution in [1.29, 1.82) is 0 Å². The zero-order chi connectivity index (χ0) is 19.4. The van der Waals surface area contributed by atoms with E-state index in [1.165, 1.54) is 4.31 Å². The summed E-state index contributed by atoms with van der Waals surface area (Å²) in [5.41, 5.74) is 0.888. The molecule has 3 rings (SSSR count). The number of rotatable bonds is 4. The predicted molar refractivity (Wildman–Crippen MR) is 101 cm³/mol. The third-order valence-electron chi connectivity index (χ3n) is 4.94. The Morgan fingerprint density at radius 1 is 1.15 bits per heavy atom. The molecule has 1 aromatic carbocycles. The highest BCUT2D eigenvalue weighted by atomic mass is 32.2. The molecule has 2 fully saturated rings. The van der Waals surface area contributed by atoms with Crippen LogP contribution >= 0.6 is 0 Å². The first-order valence-electron chi connectivity index (χ1n) is 9.08. The topological polar surface area (TPSA) is 96.0 Å². The van der Waals surface area contributed by atoms with E-state index in [9.17, 15) is 18.0 Å². The Morgan fingerprint density at radius 2 is 1.85 bits per heavy atom. The van der Waals surface area contributed by atoms with E-state index in [2.05, 4.69) is 5.32 Å². The lowest BCUT2D eigenvalue weighted by molar-refractivity contribution is -0.120. The molecule has 2 aliphatic rings. The average molecular weight is 395 g/mol. The molecule has 27 heavy (non-hydrogen) atoms. The van der Waals surface area contributed by atoms with Crippen LogP contribution in [0.1, 0.15) is 23.2 Å². The SMILES string of the molecule is CS(=O)(=O)N1CCC[C@@H](C(=O)Nc2ccccc2C(=O)N2CCOCC2)C1. The summed E-state index contributed by atoms with van der Waals surface area (Å²) in [6, 6.07) is 6.91. The van der Waals surface area contributed by atoms with E-state index in [0.717, 1.165) is 6.26 Å². The number of para-hydroxylation sites is 1. The van der Waals surface area contributed by atoms with Gasteiger partial charge in [-0.25, -0.2) is 12.7 Å². The second-order valence-corrected chi connectivity index (χ2v) is 8.88. The molecule has 0 spiro atoms. The molecule has 1 atom stereocenters.